The zero-order valence-electron chi connectivity index (χ0n) is 8.89. The molecule has 0 saturated carbocycles. The smallest absolute Gasteiger partial charge is 0.275 e. The highest BCUT2D eigenvalue weighted by atomic mass is 35.5. The van der Waals surface area contributed by atoms with Gasteiger partial charge in [-0.15, -0.1) is 0 Å². The summed E-state index contributed by atoms with van der Waals surface area (Å²) in [4.78, 5) is 3.84. The first kappa shape index (κ1) is 12.3. The van der Waals surface area contributed by atoms with Crippen LogP contribution in [0.25, 0.3) is 0 Å². The van der Waals surface area contributed by atoms with E-state index in [2.05, 4.69) is 14.9 Å². The third kappa shape index (κ3) is 2.59. The quantitative estimate of drug-likeness (QED) is 0.937. The highest BCUT2D eigenvalue weighted by Crippen LogP contribution is 2.28. The first-order valence-corrected chi connectivity index (χ1v) is 7.15. The summed E-state index contributed by atoms with van der Waals surface area (Å²) in [6, 6.07) is 1.48. The van der Waals surface area contributed by atoms with Crippen molar-refractivity contribution in [3.05, 3.63) is 21.9 Å². The number of thiazole rings is 1. The lowest BCUT2D eigenvalue weighted by atomic mass is 10.5. The van der Waals surface area contributed by atoms with E-state index >= 15 is 0 Å². The number of hydrogen-bond donors (Lipinski definition) is 1. The van der Waals surface area contributed by atoms with Gasteiger partial charge in [0.1, 0.15) is 0 Å². The molecule has 0 atom stereocenters. The summed E-state index contributed by atoms with van der Waals surface area (Å²) in [5, 5.41) is 3.58. The third-order valence-corrected chi connectivity index (χ3v) is 5.05. The number of nitrogens with zero attached hydrogens (tertiary/aromatic N) is 2. The van der Waals surface area contributed by atoms with Crippen LogP contribution in [0.4, 0.5) is 5.88 Å². The second-order valence-corrected chi connectivity index (χ2v) is 6.74. The van der Waals surface area contributed by atoms with Crippen LogP contribution in [-0.2, 0) is 10.0 Å². The van der Waals surface area contributed by atoms with E-state index < -0.39 is 10.0 Å². The molecule has 0 aliphatic carbocycles. The van der Waals surface area contributed by atoms with Crippen molar-refractivity contribution in [2.75, 3.05) is 4.72 Å². The molecule has 0 unspecified atom stereocenters. The van der Waals surface area contributed by atoms with Crippen LogP contribution in [0.3, 0.4) is 0 Å². The summed E-state index contributed by atoms with van der Waals surface area (Å²) < 4.78 is 31.2. The molecule has 2 heterocycles. The van der Waals surface area contributed by atoms with Gasteiger partial charge in [-0.2, -0.15) is 0 Å². The maximum atomic E-state index is 12.0. The van der Waals surface area contributed by atoms with Crippen molar-refractivity contribution in [1.82, 2.24) is 10.1 Å². The maximum Gasteiger partial charge on any atom is 0.275 e. The monoisotopic (exact) mass is 293 g/mol. The predicted molar refractivity (Wildman–Crippen MR) is 63.9 cm³/mol. The van der Waals surface area contributed by atoms with Gasteiger partial charge in [0.05, 0.1) is 11.4 Å². The predicted octanol–water partition coefficient (Wildman–Crippen LogP) is 2.20. The molecule has 0 aromatic carbocycles. The molecule has 2 aromatic heterocycles. The van der Waals surface area contributed by atoms with E-state index in [9.17, 15) is 8.42 Å². The van der Waals surface area contributed by atoms with Gasteiger partial charge in [-0.3, -0.25) is 0 Å². The summed E-state index contributed by atoms with van der Waals surface area (Å²) in [7, 11) is -3.72. The van der Waals surface area contributed by atoms with Gasteiger partial charge in [-0.25, -0.2) is 18.1 Å². The fourth-order valence-corrected chi connectivity index (χ4v) is 3.90. The molecule has 17 heavy (non-hydrogen) atoms. The zero-order valence-corrected chi connectivity index (χ0v) is 11.3. The Kier molecular flexibility index (Phi) is 3.11. The molecule has 0 saturated heterocycles. The normalized spacial score (nSPS) is 11.7. The van der Waals surface area contributed by atoms with Gasteiger partial charge in [0, 0.05) is 6.07 Å². The fourth-order valence-electron chi connectivity index (χ4n) is 1.19. The van der Waals surface area contributed by atoms with Gasteiger partial charge < -0.3 is 4.52 Å². The Bertz CT molecular complexity index is 647. The van der Waals surface area contributed by atoms with E-state index in [1.54, 1.807) is 13.8 Å². The minimum atomic E-state index is -3.72. The van der Waals surface area contributed by atoms with Crippen molar-refractivity contribution in [3.8, 4) is 0 Å². The second kappa shape index (κ2) is 4.28. The minimum absolute atomic E-state index is 0.0615. The molecule has 92 valence electrons. The van der Waals surface area contributed by atoms with Crippen molar-refractivity contribution in [2.45, 2.75) is 18.1 Å². The Balaban J connectivity index is 2.34. The molecule has 0 radical (unpaired) electrons. The lowest BCUT2D eigenvalue weighted by Gasteiger charge is -2.01. The van der Waals surface area contributed by atoms with E-state index in [1.165, 1.54) is 6.07 Å². The largest absolute Gasteiger partial charge is 0.338 e. The lowest BCUT2D eigenvalue weighted by Crippen LogP contribution is -2.12. The van der Waals surface area contributed by atoms with Crippen LogP contribution in [0.2, 0.25) is 4.47 Å². The van der Waals surface area contributed by atoms with Gasteiger partial charge in [-0.1, -0.05) is 28.1 Å². The van der Waals surface area contributed by atoms with Gasteiger partial charge in [-0.05, 0) is 13.8 Å². The molecule has 9 heteroatoms. The average molecular weight is 294 g/mol. The molecule has 2 aromatic rings. The number of aromatic nitrogens is 2. The molecule has 1 N–H and O–H groups in total. The summed E-state index contributed by atoms with van der Waals surface area (Å²) in [6.07, 6.45) is 0. The van der Waals surface area contributed by atoms with Crippen LogP contribution in [0.1, 0.15) is 11.4 Å². The SMILES string of the molecule is Cc1cc(NS(=O)(=O)c2sc(Cl)nc2C)on1. The van der Waals surface area contributed by atoms with Gasteiger partial charge in [0.25, 0.3) is 10.0 Å². The van der Waals surface area contributed by atoms with E-state index in [4.69, 9.17) is 16.1 Å². The first-order valence-electron chi connectivity index (χ1n) is 4.47. The second-order valence-electron chi connectivity index (χ2n) is 3.28. The third-order valence-electron chi connectivity index (χ3n) is 1.83. The first-order chi connectivity index (χ1) is 7.88. The molecule has 0 fully saturated rings. The Morgan fingerprint density at radius 1 is 1.47 bits per heavy atom. The molecule has 6 nitrogen and oxygen atoms in total. The van der Waals surface area contributed by atoms with Gasteiger partial charge in [0.15, 0.2) is 8.68 Å². The van der Waals surface area contributed by atoms with Gasteiger partial charge >= 0.3 is 0 Å². The van der Waals surface area contributed by atoms with Crippen molar-refractivity contribution in [1.29, 1.82) is 0 Å². The van der Waals surface area contributed by atoms with Gasteiger partial charge in [0.2, 0.25) is 5.88 Å². The molecular formula is C8H8ClN3O3S2. The highest BCUT2D eigenvalue weighted by Gasteiger charge is 2.22. The molecule has 0 amide bonds. The average Bonchev–Trinajstić information content (AvgIpc) is 2.72. The highest BCUT2D eigenvalue weighted by molar-refractivity contribution is 7.94. The van der Waals surface area contributed by atoms with Crippen LogP contribution in [0.5, 0.6) is 0 Å². The Labute approximate surface area is 107 Å². The van der Waals surface area contributed by atoms with E-state index in [0.717, 1.165) is 11.3 Å². The van der Waals surface area contributed by atoms with Crippen LogP contribution in [-0.4, -0.2) is 18.6 Å². The van der Waals surface area contributed by atoms with Crippen LogP contribution >= 0.6 is 22.9 Å². The molecule has 0 bridgehead atoms. The molecule has 0 aliphatic heterocycles. The Morgan fingerprint density at radius 3 is 2.65 bits per heavy atom. The van der Waals surface area contributed by atoms with Crippen LogP contribution in [0.15, 0.2) is 14.8 Å². The van der Waals surface area contributed by atoms with Crippen LogP contribution < -0.4 is 4.72 Å². The van der Waals surface area contributed by atoms with Crippen molar-refractivity contribution >= 4 is 38.8 Å². The number of hydrogen-bond acceptors (Lipinski definition) is 6. The summed E-state index contributed by atoms with van der Waals surface area (Å²) in [5.74, 6) is 0.0615. The summed E-state index contributed by atoms with van der Waals surface area (Å²) >= 11 is 6.55. The van der Waals surface area contributed by atoms with Crippen molar-refractivity contribution < 1.29 is 12.9 Å². The number of halogens is 1. The fraction of sp³-hybridized carbons (Fsp3) is 0.250. The maximum absolute atomic E-state index is 12.0. The summed E-state index contributed by atoms with van der Waals surface area (Å²) in [6.45, 7) is 3.26. The Hall–Kier alpha value is -1.12. The summed E-state index contributed by atoms with van der Waals surface area (Å²) in [5.41, 5.74) is 0.936. The minimum Gasteiger partial charge on any atom is -0.338 e. The zero-order chi connectivity index (χ0) is 12.6. The van der Waals surface area contributed by atoms with Crippen molar-refractivity contribution in [3.63, 3.8) is 0 Å². The van der Waals surface area contributed by atoms with E-state index in [1.807, 2.05) is 0 Å². The van der Waals surface area contributed by atoms with E-state index in [0.29, 0.717) is 11.4 Å². The number of rotatable bonds is 3. The number of sulfonamides is 1. The lowest BCUT2D eigenvalue weighted by molar-refractivity contribution is 0.430. The molecule has 0 spiro atoms. The number of anilines is 1. The number of aryl methyl sites for hydroxylation is 2. The van der Waals surface area contributed by atoms with Crippen LogP contribution in [0, 0.1) is 13.8 Å². The number of nitrogens with one attached hydrogen (secondary N) is 1. The topological polar surface area (TPSA) is 85.1 Å². The van der Waals surface area contributed by atoms with E-state index in [-0.39, 0.29) is 14.6 Å². The molecular weight excluding hydrogens is 286 g/mol. The van der Waals surface area contributed by atoms with Crippen molar-refractivity contribution in [2.24, 2.45) is 0 Å². The molecule has 0 aliphatic rings. The Morgan fingerprint density at radius 2 is 2.18 bits per heavy atom. The standard InChI is InChI=1S/C8H8ClN3O3S2/c1-4-3-6(15-11-4)12-17(13,14)7-5(2)10-8(9)16-7/h3,12H,1-2H3. The molecule has 2 rings (SSSR count).